The van der Waals surface area contributed by atoms with Crippen molar-refractivity contribution in [1.29, 1.82) is 0 Å². The van der Waals surface area contributed by atoms with E-state index in [-0.39, 0.29) is 21.6 Å². The monoisotopic (exact) mass is 489 g/mol. The Kier molecular flexibility index (Phi) is 5.50. The average molecular weight is 490 g/mol. The zero-order valence-corrected chi connectivity index (χ0v) is 18.2. The van der Waals surface area contributed by atoms with Gasteiger partial charge in [0.05, 0.1) is 10.3 Å². The second-order valence-electron chi connectivity index (χ2n) is 6.78. The Bertz CT molecular complexity index is 1350. The molecule has 1 atom stereocenters. The highest BCUT2D eigenvalue weighted by atomic mass is 79.9. The number of aliphatic hydroxyl groups is 1. The van der Waals surface area contributed by atoms with Gasteiger partial charge in [-0.15, -0.1) is 0 Å². The van der Waals surface area contributed by atoms with E-state index < -0.39 is 22.1 Å². The summed E-state index contributed by atoms with van der Waals surface area (Å²) in [6, 6.07) is 18.0. The molecule has 30 heavy (non-hydrogen) atoms. The third-order valence-electron chi connectivity index (χ3n) is 4.72. The van der Waals surface area contributed by atoms with E-state index in [0.29, 0.717) is 10.0 Å². The lowest BCUT2D eigenvalue weighted by molar-refractivity contribution is 0.141. The summed E-state index contributed by atoms with van der Waals surface area (Å²) in [7, 11) is -4.12. The number of aliphatic hydroxyl groups excluding tert-OH is 1. The maximum absolute atomic E-state index is 14.1. The van der Waals surface area contributed by atoms with Crippen LogP contribution in [0.2, 0.25) is 0 Å². The van der Waals surface area contributed by atoms with E-state index >= 15 is 0 Å². The number of benzene rings is 3. The normalized spacial score (nSPS) is 12.9. The lowest BCUT2D eigenvalue weighted by atomic mass is 10.0. The molecule has 1 heterocycles. The van der Waals surface area contributed by atoms with Crippen molar-refractivity contribution >= 4 is 36.9 Å². The number of rotatable bonds is 5. The number of hydrogen-bond acceptors (Lipinski definition) is 4. The Labute approximate surface area is 181 Å². The Morgan fingerprint density at radius 2 is 1.70 bits per heavy atom. The highest BCUT2D eigenvalue weighted by molar-refractivity contribution is 9.10. The van der Waals surface area contributed by atoms with E-state index in [1.807, 2.05) is 31.2 Å². The molecule has 154 valence electrons. The summed E-state index contributed by atoms with van der Waals surface area (Å²) in [5.41, 5.74) is 2.38. The van der Waals surface area contributed by atoms with Crippen molar-refractivity contribution in [1.82, 2.24) is 4.72 Å². The Balaban J connectivity index is 1.71. The smallest absolute Gasteiger partial charge is 0.243 e. The van der Waals surface area contributed by atoms with Crippen molar-refractivity contribution in [2.45, 2.75) is 18.0 Å². The topological polar surface area (TPSA) is 79.5 Å². The van der Waals surface area contributed by atoms with Crippen LogP contribution in [0.1, 0.15) is 17.6 Å². The molecule has 0 fully saturated rings. The molecular formula is C22H17BrFNO4S. The van der Waals surface area contributed by atoms with Gasteiger partial charge in [-0.1, -0.05) is 58.4 Å². The quantitative estimate of drug-likeness (QED) is 0.373. The second kappa shape index (κ2) is 7.96. The second-order valence-corrected chi connectivity index (χ2v) is 9.38. The molecule has 8 heteroatoms. The third-order valence-corrected chi connectivity index (χ3v) is 6.65. The van der Waals surface area contributed by atoms with Gasteiger partial charge in [0.25, 0.3) is 0 Å². The van der Waals surface area contributed by atoms with E-state index in [1.165, 1.54) is 24.3 Å². The first-order valence-electron chi connectivity index (χ1n) is 9.00. The maximum atomic E-state index is 14.1. The van der Waals surface area contributed by atoms with Crippen LogP contribution in [0.25, 0.3) is 22.1 Å². The van der Waals surface area contributed by atoms with Gasteiger partial charge in [-0.2, -0.15) is 4.72 Å². The van der Waals surface area contributed by atoms with Crippen molar-refractivity contribution < 1.29 is 22.3 Å². The van der Waals surface area contributed by atoms with Gasteiger partial charge >= 0.3 is 0 Å². The van der Waals surface area contributed by atoms with Crippen LogP contribution in [-0.2, 0) is 10.0 Å². The van der Waals surface area contributed by atoms with Gasteiger partial charge in [0.2, 0.25) is 10.0 Å². The summed E-state index contributed by atoms with van der Waals surface area (Å²) in [5.74, 6) is -0.659. The zero-order valence-electron chi connectivity index (χ0n) is 15.8. The SMILES string of the molecule is Cc1ccccc1-c1ccccc1S(=O)(=O)NC(O)c1cc2c(F)cc(Br)cc2o1. The summed E-state index contributed by atoms with van der Waals surface area (Å²) in [4.78, 5) is 0.0170. The highest BCUT2D eigenvalue weighted by Crippen LogP contribution is 2.32. The number of furan rings is 1. The van der Waals surface area contributed by atoms with Gasteiger partial charge < -0.3 is 9.52 Å². The molecule has 0 aliphatic carbocycles. The maximum Gasteiger partial charge on any atom is 0.243 e. The van der Waals surface area contributed by atoms with Crippen LogP contribution >= 0.6 is 15.9 Å². The van der Waals surface area contributed by atoms with E-state index in [2.05, 4.69) is 20.7 Å². The molecule has 1 unspecified atom stereocenters. The predicted molar refractivity (Wildman–Crippen MR) is 116 cm³/mol. The number of halogens is 2. The summed E-state index contributed by atoms with van der Waals surface area (Å²) in [6.07, 6.45) is -1.69. The molecule has 2 N–H and O–H groups in total. The van der Waals surface area contributed by atoms with Crippen molar-refractivity contribution in [3.05, 3.63) is 88.3 Å². The van der Waals surface area contributed by atoms with Crippen LogP contribution in [0.3, 0.4) is 0 Å². The minimum atomic E-state index is -4.12. The molecule has 4 aromatic rings. The van der Waals surface area contributed by atoms with Crippen LogP contribution in [-0.4, -0.2) is 13.5 Å². The fourth-order valence-corrected chi connectivity index (χ4v) is 4.96. The van der Waals surface area contributed by atoms with E-state index in [0.717, 1.165) is 11.1 Å². The minimum Gasteiger partial charge on any atom is -0.457 e. The lowest BCUT2D eigenvalue weighted by Gasteiger charge is -2.15. The molecule has 4 rings (SSSR count). The van der Waals surface area contributed by atoms with Gasteiger partial charge in [0.1, 0.15) is 17.2 Å². The molecule has 0 saturated heterocycles. The molecule has 0 amide bonds. The molecule has 0 aliphatic heterocycles. The van der Waals surface area contributed by atoms with Crippen molar-refractivity contribution in [3.63, 3.8) is 0 Å². The predicted octanol–water partition coefficient (Wildman–Crippen LogP) is 5.28. The lowest BCUT2D eigenvalue weighted by Crippen LogP contribution is -2.28. The summed E-state index contributed by atoms with van der Waals surface area (Å²) in [6.45, 7) is 1.89. The molecule has 5 nitrogen and oxygen atoms in total. The molecule has 0 bridgehead atoms. The van der Waals surface area contributed by atoms with E-state index in [9.17, 15) is 17.9 Å². The van der Waals surface area contributed by atoms with Crippen LogP contribution in [0.5, 0.6) is 0 Å². The minimum absolute atomic E-state index is 0.0170. The number of sulfonamides is 1. The van der Waals surface area contributed by atoms with Gasteiger partial charge in [0.15, 0.2) is 6.23 Å². The Morgan fingerprint density at radius 3 is 2.43 bits per heavy atom. The van der Waals surface area contributed by atoms with Gasteiger partial charge in [-0.25, -0.2) is 12.8 Å². The number of hydrogen-bond donors (Lipinski definition) is 2. The Morgan fingerprint density at radius 1 is 1.03 bits per heavy atom. The van der Waals surface area contributed by atoms with Crippen LogP contribution in [0.4, 0.5) is 4.39 Å². The Hall–Kier alpha value is -2.52. The molecule has 1 aromatic heterocycles. The fraction of sp³-hybridized carbons (Fsp3) is 0.0909. The van der Waals surface area contributed by atoms with Gasteiger partial charge in [-0.3, -0.25) is 0 Å². The number of nitrogens with one attached hydrogen (secondary N) is 1. The van der Waals surface area contributed by atoms with Crippen molar-refractivity contribution in [2.75, 3.05) is 0 Å². The molecular weight excluding hydrogens is 473 g/mol. The summed E-state index contributed by atoms with van der Waals surface area (Å²) in [5, 5.41) is 10.6. The number of fused-ring (bicyclic) bond motifs is 1. The molecule has 0 radical (unpaired) electrons. The van der Waals surface area contributed by atoms with E-state index in [1.54, 1.807) is 18.2 Å². The highest BCUT2D eigenvalue weighted by Gasteiger charge is 2.25. The molecule has 0 saturated carbocycles. The van der Waals surface area contributed by atoms with Crippen LogP contribution in [0.15, 0.2) is 80.5 Å². The molecule has 0 spiro atoms. The van der Waals surface area contributed by atoms with Crippen LogP contribution < -0.4 is 4.72 Å². The zero-order chi connectivity index (χ0) is 21.5. The van der Waals surface area contributed by atoms with Crippen LogP contribution in [0, 0.1) is 12.7 Å². The van der Waals surface area contributed by atoms with E-state index in [4.69, 9.17) is 4.42 Å². The van der Waals surface area contributed by atoms with Crippen molar-refractivity contribution in [3.8, 4) is 11.1 Å². The summed E-state index contributed by atoms with van der Waals surface area (Å²) >= 11 is 3.17. The molecule has 3 aromatic carbocycles. The first-order chi connectivity index (χ1) is 14.3. The fourth-order valence-electron chi connectivity index (χ4n) is 3.29. The standard InChI is InChI=1S/C22H17BrFNO4S/c1-13-6-2-3-7-15(13)16-8-4-5-9-21(16)30(27,28)25-22(26)20-12-17-18(24)10-14(23)11-19(17)29-20/h2-12,22,25-26H,1H3. The van der Waals surface area contributed by atoms with Crippen molar-refractivity contribution in [2.24, 2.45) is 0 Å². The average Bonchev–Trinajstić information content (AvgIpc) is 3.13. The summed E-state index contributed by atoms with van der Waals surface area (Å²) < 4.78 is 48.4. The van der Waals surface area contributed by atoms with Gasteiger partial charge in [0, 0.05) is 10.0 Å². The largest absolute Gasteiger partial charge is 0.457 e. The molecule has 0 aliphatic rings. The number of aryl methyl sites for hydroxylation is 1. The first kappa shape index (κ1) is 20.7. The first-order valence-corrected chi connectivity index (χ1v) is 11.3. The van der Waals surface area contributed by atoms with Gasteiger partial charge in [-0.05, 0) is 42.3 Å². The third kappa shape index (κ3) is 3.91.